The molecular weight excluding hydrogens is 496 g/mol. The minimum atomic E-state index is -1.21. The number of carboxylic acids is 1. The van der Waals surface area contributed by atoms with Crippen molar-refractivity contribution in [2.45, 2.75) is 25.4 Å². The van der Waals surface area contributed by atoms with Crippen LogP contribution in [0.4, 0.5) is 5.69 Å². The molecule has 194 valence electrons. The summed E-state index contributed by atoms with van der Waals surface area (Å²) >= 11 is 0. The highest BCUT2D eigenvalue weighted by molar-refractivity contribution is 6.23. The monoisotopic (exact) mass is 520 g/mol. The maximum absolute atomic E-state index is 14.3. The number of nitrogens with zero attached hydrogens (tertiary/aromatic N) is 3. The van der Waals surface area contributed by atoms with Gasteiger partial charge >= 0.3 is 5.97 Å². The number of hydrogen-bond donors (Lipinski definition) is 2. The summed E-state index contributed by atoms with van der Waals surface area (Å²) in [5.41, 5.74) is 0.821. The summed E-state index contributed by atoms with van der Waals surface area (Å²) in [5.74, 6) is -3.04. The van der Waals surface area contributed by atoms with Crippen LogP contribution in [-0.4, -0.2) is 38.5 Å². The van der Waals surface area contributed by atoms with E-state index in [1.165, 1.54) is 29.2 Å². The molecule has 39 heavy (non-hydrogen) atoms. The molecule has 2 unspecified atom stereocenters. The van der Waals surface area contributed by atoms with Gasteiger partial charge in [0.2, 0.25) is 11.8 Å². The Balaban J connectivity index is 1.49. The molecule has 4 heterocycles. The first-order valence-electron chi connectivity index (χ1n) is 12.9. The summed E-state index contributed by atoms with van der Waals surface area (Å²) in [6.07, 6.45) is 0. The van der Waals surface area contributed by atoms with Crippen LogP contribution in [0.2, 0.25) is 0 Å². The highest BCUT2D eigenvalue weighted by atomic mass is 16.4. The van der Waals surface area contributed by atoms with Crippen LogP contribution >= 0.6 is 0 Å². The smallest absolute Gasteiger partial charge is 0.335 e. The number of carboxylic acid groups (broad SMARTS) is 1. The second kappa shape index (κ2) is 7.94. The molecule has 0 radical (unpaired) electrons. The topological polar surface area (TPSA) is 122 Å². The van der Waals surface area contributed by atoms with Gasteiger partial charge in [0.25, 0.3) is 5.56 Å². The van der Waals surface area contributed by atoms with E-state index < -0.39 is 29.3 Å². The van der Waals surface area contributed by atoms with E-state index in [1.807, 2.05) is 44.2 Å². The summed E-state index contributed by atoms with van der Waals surface area (Å²) in [4.78, 5) is 59.7. The Labute approximate surface area is 222 Å². The number of aromatic nitrogens is 2. The van der Waals surface area contributed by atoms with Gasteiger partial charge in [-0.15, -0.1) is 0 Å². The first kappa shape index (κ1) is 23.5. The largest absolute Gasteiger partial charge is 0.478 e. The maximum Gasteiger partial charge on any atom is 0.335 e. The van der Waals surface area contributed by atoms with E-state index in [-0.39, 0.29) is 29.0 Å². The molecule has 2 N–H and O–H groups in total. The third-order valence-corrected chi connectivity index (χ3v) is 8.39. The number of rotatable bonds is 3. The number of carbonyl (C=O) groups is 3. The Morgan fingerprint density at radius 2 is 1.64 bits per heavy atom. The number of aromatic carboxylic acids is 1. The average Bonchev–Trinajstić information content (AvgIpc) is 3.52. The lowest BCUT2D eigenvalue weighted by Crippen LogP contribution is -2.51. The van der Waals surface area contributed by atoms with Crippen LogP contribution < -0.4 is 15.8 Å². The molecule has 3 aromatic carbocycles. The number of imide groups is 1. The van der Waals surface area contributed by atoms with Crippen molar-refractivity contribution in [3.05, 3.63) is 100 Å². The molecule has 2 saturated heterocycles. The van der Waals surface area contributed by atoms with Gasteiger partial charge in [-0.2, -0.15) is 0 Å². The lowest BCUT2D eigenvalue weighted by Gasteiger charge is -2.32. The third-order valence-electron chi connectivity index (χ3n) is 8.39. The summed E-state index contributed by atoms with van der Waals surface area (Å²) in [6.45, 7) is 4.00. The van der Waals surface area contributed by atoms with Gasteiger partial charge in [-0.1, -0.05) is 44.2 Å². The van der Waals surface area contributed by atoms with Crippen molar-refractivity contribution < 1.29 is 19.5 Å². The maximum atomic E-state index is 14.3. The van der Waals surface area contributed by atoms with E-state index >= 15 is 0 Å². The Morgan fingerprint density at radius 1 is 0.949 bits per heavy atom. The number of anilines is 1. The Morgan fingerprint density at radius 3 is 2.36 bits per heavy atom. The van der Waals surface area contributed by atoms with Gasteiger partial charge in [-0.3, -0.25) is 24.3 Å². The van der Waals surface area contributed by atoms with Crippen LogP contribution in [-0.2, 0) is 15.1 Å². The number of para-hydroxylation sites is 2. The molecule has 9 nitrogen and oxygen atoms in total. The first-order valence-corrected chi connectivity index (χ1v) is 12.9. The minimum Gasteiger partial charge on any atom is -0.478 e. The van der Waals surface area contributed by atoms with Crippen LogP contribution in [0.1, 0.15) is 35.6 Å². The molecule has 3 aliphatic rings. The fourth-order valence-corrected chi connectivity index (χ4v) is 6.73. The minimum absolute atomic E-state index is 0.0173. The van der Waals surface area contributed by atoms with Gasteiger partial charge in [-0.25, -0.2) is 14.7 Å². The van der Waals surface area contributed by atoms with E-state index in [1.54, 1.807) is 22.8 Å². The Hall–Kier alpha value is -4.63. The molecule has 4 aromatic rings. The average molecular weight is 521 g/mol. The van der Waals surface area contributed by atoms with Crippen LogP contribution in [0.5, 0.6) is 0 Å². The van der Waals surface area contributed by atoms with Crippen molar-refractivity contribution in [2.75, 3.05) is 4.90 Å². The number of amides is 2. The lowest BCUT2D eigenvalue weighted by atomic mass is 9.75. The molecule has 2 amide bonds. The van der Waals surface area contributed by atoms with Crippen molar-refractivity contribution in [3.8, 4) is 5.69 Å². The molecule has 2 fully saturated rings. The number of nitrogens with one attached hydrogen (secondary N) is 1. The number of carbonyl (C=O) groups excluding carboxylic acids is 2. The fraction of sp³-hybridized carbons (Fsp3) is 0.233. The first-order chi connectivity index (χ1) is 18.8. The van der Waals surface area contributed by atoms with E-state index in [0.29, 0.717) is 28.1 Å². The molecule has 4 atom stereocenters. The highest BCUT2D eigenvalue weighted by Crippen LogP contribution is 2.56. The second-order valence-electron chi connectivity index (χ2n) is 10.7. The van der Waals surface area contributed by atoms with E-state index in [9.17, 15) is 24.3 Å². The molecule has 1 spiro atoms. The van der Waals surface area contributed by atoms with Crippen molar-refractivity contribution in [1.29, 1.82) is 0 Å². The van der Waals surface area contributed by atoms with E-state index in [0.717, 1.165) is 5.56 Å². The summed E-state index contributed by atoms with van der Waals surface area (Å²) in [7, 11) is 0. The predicted octanol–water partition coefficient (Wildman–Crippen LogP) is 3.07. The van der Waals surface area contributed by atoms with Gasteiger partial charge < -0.3 is 5.11 Å². The SMILES string of the molecule is CC(C)C1NC2(c3ccccc3-n3c2nc2ccccc2c3=O)[C@H]2C(=O)N(c3ccc(C(=O)O)cc3)C(=O)[C@@H]12. The zero-order valence-corrected chi connectivity index (χ0v) is 21.2. The number of fused-ring (bicyclic) bond motifs is 8. The summed E-state index contributed by atoms with van der Waals surface area (Å²) < 4.78 is 1.58. The number of hydrogen-bond acceptors (Lipinski definition) is 6. The summed E-state index contributed by atoms with van der Waals surface area (Å²) in [5, 5.41) is 13.4. The van der Waals surface area contributed by atoms with Crippen LogP contribution in [0, 0.1) is 17.8 Å². The van der Waals surface area contributed by atoms with Gasteiger partial charge in [-0.05, 0) is 48.4 Å². The second-order valence-corrected chi connectivity index (χ2v) is 10.7. The van der Waals surface area contributed by atoms with E-state index in [4.69, 9.17) is 4.98 Å². The molecular formula is C30H24N4O5. The molecule has 9 heteroatoms. The van der Waals surface area contributed by atoms with Gasteiger partial charge in [0, 0.05) is 11.6 Å². The van der Waals surface area contributed by atoms with Crippen molar-refractivity contribution >= 4 is 34.4 Å². The van der Waals surface area contributed by atoms with Gasteiger partial charge in [0.15, 0.2) is 0 Å². The van der Waals surface area contributed by atoms with Crippen molar-refractivity contribution in [3.63, 3.8) is 0 Å². The van der Waals surface area contributed by atoms with Crippen molar-refractivity contribution in [1.82, 2.24) is 14.9 Å². The standard InChI is InChI=1S/C30H24N4O5/c1-15(2)24-22-23(27(37)33(26(22)36)17-13-11-16(12-14-17)28(38)39)30(32-24)19-8-4-6-10-21(19)34-25(35)18-7-3-5-9-20(18)31-29(30)34/h3-15,22-24,32H,1-2H3,(H,38,39)/t22-,23-,24?,30?/m1/s1. The molecule has 3 aliphatic heterocycles. The normalized spacial score (nSPS) is 25.0. The predicted molar refractivity (Wildman–Crippen MR) is 143 cm³/mol. The zero-order chi connectivity index (χ0) is 27.2. The fourth-order valence-electron chi connectivity index (χ4n) is 6.73. The highest BCUT2D eigenvalue weighted by Gasteiger charge is 2.70. The Bertz CT molecular complexity index is 1790. The Kier molecular flexibility index (Phi) is 4.78. The van der Waals surface area contributed by atoms with Crippen molar-refractivity contribution in [2.24, 2.45) is 17.8 Å². The van der Waals surface area contributed by atoms with Crippen LogP contribution in [0.25, 0.3) is 16.6 Å². The van der Waals surface area contributed by atoms with Gasteiger partial charge in [0.05, 0.1) is 39.7 Å². The van der Waals surface area contributed by atoms with Gasteiger partial charge in [0.1, 0.15) is 11.4 Å². The van der Waals surface area contributed by atoms with E-state index in [2.05, 4.69) is 5.32 Å². The van der Waals surface area contributed by atoms with Crippen LogP contribution in [0.3, 0.4) is 0 Å². The zero-order valence-electron chi connectivity index (χ0n) is 21.2. The quantitative estimate of drug-likeness (QED) is 0.398. The number of benzene rings is 3. The molecule has 0 aliphatic carbocycles. The molecule has 0 saturated carbocycles. The molecule has 7 rings (SSSR count). The summed E-state index contributed by atoms with van der Waals surface area (Å²) in [6, 6.07) is 19.9. The molecule has 1 aromatic heterocycles. The van der Waals surface area contributed by atoms with Crippen LogP contribution in [0.15, 0.2) is 77.6 Å². The third kappa shape index (κ3) is 2.90. The lowest BCUT2D eigenvalue weighted by molar-refractivity contribution is -0.123. The molecule has 0 bridgehead atoms.